The van der Waals surface area contributed by atoms with Crippen LogP contribution in [0.2, 0.25) is 0 Å². The molecule has 2 N–H and O–H groups in total. The van der Waals surface area contributed by atoms with Gasteiger partial charge in [0.05, 0.1) is 0 Å². The highest BCUT2D eigenvalue weighted by Gasteiger charge is 2.33. The molecule has 21 heavy (non-hydrogen) atoms. The predicted molar refractivity (Wildman–Crippen MR) is 86.6 cm³/mol. The second kappa shape index (κ2) is 6.81. The molecule has 116 valence electrons. The fourth-order valence-electron chi connectivity index (χ4n) is 2.90. The highest BCUT2D eigenvalue weighted by molar-refractivity contribution is 7.89. The zero-order valence-electron chi connectivity index (χ0n) is 12.2. The molecule has 0 amide bonds. The summed E-state index contributed by atoms with van der Waals surface area (Å²) in [7, 11) is -3.62. The summed E-state index contributed by atoms with van der Waals surface area (Å²) in [5.41, 5.74) is 5.80. The summed E-state index contributed by atoms with van der Waals surface area (Å²) in [5.74, 6) is 0. The molecule has 1 aliphatic rings. The largest absolute Gasteiger partial charge is 0.388 e. The van der Waals surface area contributed by atoms with Crippen molar-refractivity contribution in [1.82, 2.24) is 9.29 Å². The molecule has 1 heterocycles. The van der Waals surface area contributed by atoms with Crippen molar-refractivity contribution in [3.8, 4) is 0 Å². The third-order valence-corrected chi connectivity index (χ3v) is 6.14. The lowest BCUT2D eigenvalue weighted by Gasteiger charge is -2.32. The number of nitrogens with zero attached hydrogens (tertiary/aromatic N) is 2. The van der Waals surface area contributed by atoms with Crippen LogP contribution < -0.4 is 5.73 Å². The quantitative estimate of drug-likeness (QED) is 0.838. The summed E-state index contributed by atoms with van der Waals surface area (Å²) in [5, 5.41) is 0. The van der Waals surface area contributed by atoms with Gasteiger partial charge >= 0.3 is 0 Å². The van der Waals surface area contributed by atoms with Gasteiger partial charge in [-0.2, -0.15) is 4.31 Å². The molecule has 1 saturated carbocycles. The van der Waals surface area contributed by atoms with Crippen molar-refractivity contribution in [1.29, 1.82) is 0 Å². The molecular formula is C14H21N3O2S2. The Morgan fingerprint density at radius 1 is 1.43 bits per heavy atom. The van der Waals surface area contributed by atoms with E-state index in [9.17, 15) is 8.42 Å². The Hall–Kier alpha value is -1.05. The van der Waals surface area contributed by atoms with Crippen molar-refractivity contribution in [3.05, 3.63) is 24.0 Å². The average Bonchev–Trinajstić information content (AvgIpc) is 2.49. The van der Waals surface area contributed by atoms with Crippen molar-refractivity contribution in [2.45, 2.75) is 50.0 Å². The van der Waals surface area contributed by atoms with E-state index < -0.39 is 10.0 Å². The molecule has 0 spiro atoms. The zero-order chi connectivity index (χ0) is 15.5. The summed E-state index contributed by atoms with van der Waals surface area (Å²) < 4.78 is 27.5. The Kier molecular flexibility index (Phi) is 5.29. The molecule has 7 heteroatoms. The fraction of sp³-hybridized carbons (Fsp3) is 0.571. The minimum absolute atomic E-state index is 0.00822. The third-order valence-electron chi connectivity index (χ3n) is 3.88. The summed E-state index contributed by atoms with van der Waals surface area (Å²) in [4.78, 5) is 4.16. The van der Waals surface area contributed by atoms with Crippen LogP contribution in [0.15, 0.2) is 23.2 Å². The average molecular weight is 327 g/mol. The number of hydrogen-bond acceptors (Lipinski definition) is 4. The molecule has 0 unspecified atom stereocenters. The minimum atomic E-state index is -3.62. The van der Waals surface area contributed by atoms with Crippen LogP contribution in [0.5, 0.6) is 0 Å². The Morgan fingerprint density at radius 3 is 2.67 bits per heavy atom. The van der Waals surface area contributed by atoms with E-state index in [0.717, 1.165) is 25.7 Å². The number of rotatable bonds is 5. The van der Waals surface area contributed by atoms with Gasteiger partial charge in [-0.1, -0.05) is 38.4 Å². The molecule has 5 nitrogen and oxygen atoms in total. The topological polar surface area (TPSA) is 76.3 Å². The van der Waals surface area contributed by atoms with Crippen LogP contribution in [0.4, 0.5) is 0 Å². The van der Waals surface area contributed by atoms with E-state index in [1.54, 1.807) is 10.4 Å². The lowest BCUT2D eigenvalue weighted by molar-refractivity contribution is 0.261. The lowest BCUT2D eigenvalue weighted by Crippen LogP contribution is -2.42. The Balaban J connectivity index is 2.42. The second-order valence-corrected chi connectivity index (χ2v) is 7.51. The number of nitrogens with two attached hydrogens (primary N) is 1. The predicted octanol–water partition coefficient (Wildman–Crippen LogP) is 2.06. The van der Waals surface area contributed by atoms with Crippen LogP contribution in [-0.2, 0) is 10.0 Å². The van der Waals surface area contributed by atoms with E-state index in [1.165, 1.54) is 18.7 Å². The molecule has 0 saturated heterocycles. The van der Waals surface area contributed by atoms with E-state index in [-0.39, 0.29) is 21.6 Å². The van der Waals surface area contributed by atoms with Crippen molar-refractivity contribution in [2.75, 3.05) is 6.54 Å². The smallest absolute Gasteiger partial charge is 0.245 e. The molecule has 1 fully saturated rings. The summed E-state index contributed by atoms with van der Waals surface area (Å²) in [6.07, 6.45) is 6.66. The van der Waals surface area contributed by atoms with Crippen LogP contribution >= 0.6 is 12.2 Å². The van der Waals surface area contributed by atoms with Gasteiger partial charge in [-0.05, 0) is 25.0 Å². The summed E-state index contributed by atoms with van der Waals surface area (Å²) in [6, 6.07) is 3.19. The van der Waals surface area contributed by atoms with E-state index in [0.29, 0.717) is 6.54 Å². The SMILES string of the molecule is CCN(C1CCCCC1)S(=O)(=O)c1cccnc1C(N)=S. The van der Waals surface area contributed by atoms with Crippen LogP contribution in [0.3, 0.4) is 0 Å². The van der Waals surface area contributed by atoms with Gasteiger partial charge in [0.15, 0.2) is 0 Å². The molecule has 1 aliphatic carbocycles. The Morgan fingerprint density at radius 2 is 2.10 bits per heavy atom. The minimum Gasteiger partial charge on any atom is -0.388 e. The fourth-order valence-corrected chi connectivity index (χ4v) is 4.98. The molecule has 0 aliphatic heterocycles. The van der Waals surface area contributed by atoms with Gasteiger partial charge in [0.1, 0.15) is 15.6 Å². The van der Waals surface area contributed by atoms with Crippen LogP contribution in [-0.4, -0.2) is 35.3 Å². The van der Waals surface area contributed by atoms with Gasteiger partial charge in [0.25, 0.3) is 0 Å². The first-order valence-electron chi connectivity index (χ1n) is 7.25. The van der Waals surface area contributed by atoms with Gasteiger partial charge in [0.2, 0.25) is 10.0 Å². The monoisotopic (exact) mass is 327 g/mol. The zero-order valence-corrected chi connectivity index (χ0v) is 13.8. The van der Waals surface area contributed by atoms with Gasteiger partial charge in [-0.15, -0.1) is 0 Å². The number of hydrogen-bond donors (Lipinski definition) is 1. The number of aromatic nitrogens is 1. The number of pyridine rings is 1. The maximum Gasteiger partial charge on any atom is 0.245 e. The molecular weight excluding hydrogens is 306 g/mol. The normalized spacial score (nSPS) is 17.0. The molecule has 1 aromatic rings. The highest BCUT2D eigenvalue weighted by atomic mass is 32.2. The number of thiocarbonyl (C=S) groups is 1. The van der Waals surface area contributed by atoms with E-state index in [1.807, 2.05) is 6.92 Å². The summed E-state index contributed by atoms with van der Waals surface area (Å²) >= 11 is 4.93. The standard InChI is InChI=1S/C14H21N3O2S2/c1-2-17(11-7-4-3-5-8-11)21(18,19)12-9-6-10-16-13(12)14(15)20/h6,9-11H,2-5,7-8H2,1H3,(H2,15,20). The maximum absolute atomic E-state index is 13.0. The van der Waals surface area contributed by atoms with Crippen molar-refractivity contribution in [3.63, 3.8) is 0 Å². The van der Waals surface area contributed by atoms with Crippen molar-refractivity contribution in [2.24, 2.45) is 5.73 Å². The van der Waals surface area contributed by atoms with Gasteiger partial charge in [-0.25, -0.2) is 8.42 Å². The van der Waals surface area contributed by atoms with E-state index in [2.05, 4.69) is 4.98 Å². The molecule has 1 aromatic heterocycles. The second-order valence-electron chi connectivity index (χ2n) is 5.21. The molecule has 0 radical (unpaired) electrons. The molecule has 0 aromatic carbocycles. The molecule has 2 rings (SSSR count). The Labute approximate surface area is 131 Å². The Bertz CT molecular complexity index is 610. The van der Waals surface area contributed by atoms with Crippen LogP contribution in [0.25, 0.3) is 0 Å². The number of sulfonamides is 1. The first-order valence-corrected chi connectivity index (χ1v) is 9.10. The lowest BCUT2D eigenvalue weighted by atomic mass is 9.95. The van der Waals surface area contributed by atoms with Gasteiger partial charge < -0.3 is 5.73 Å². The van der Waals surface area contributed by atoms with Crippen molar-refractivity contribution < 1.29 is 8.42 Å². The first-order chi connectivity index (χ1) is 9.98. The third kappa shape index (κ3) is 3.41. The van der Waals surface area contributed by atoms with Crippen molar-refractivity contribution >= 4 is 27.2 Å². The van der Waals surface area contributed by atoms with E-state index >= 15 is 0 Å². The van der Waals surface area contributed by atoms with Crippen LogP contribution in [0, 0.1) is 0 Å². The van der Waals surface area contributed by atoms with Gasteiger partial charge in [0, 0.05) is 18.8 Å². The maximum atomic E-state index is 13.0. The first kappa shape index (κ1) is 16.3. The van der Waals surface area contributed by atoms with E-state index in [4.69, 9.17) is 18.0 Å². The van der Waals surface area contributed by atoms with Crippen LogP contribution in [0.1, 0.15) is 44.7 Å². The summed E-state index contributed by atoms with van der Waals surface area (Å²) in [6.45, 7) is 2.31. The highest BCUT2D eigenvalue weighted by Crippen LogP contribution is 2.28. The molecule has 0 atom stereocenters. The molecule has 0 bridgehead atoms. The van der Waals surface area contributed by atoms with Gasteiger partial charge in [-0.3, -0.25) is 4.98 Å².